The molecule has 1 amide bonds. The first kappa shape index (κ1) is 22.8. The van der Waals surface area contributed by atoms with E-state index < -0.39 is 30.1 Å². The number of nitrogens with one attached hydrogen (secondary N) is 1. The number of esters is 1. The van der Waals surface area contributed by atoms with Crippen LogP contribution in [0.25, 0.3) is 11.0 Å². The second kappa shape index (κ2) is 10.1. The van der Waals surface area contributed by atoms with Crippen molar-refractivity contribution in [1.82, 2.24) is 0 Å². The fraction of sp³-hybridized carbons (Fsp3) is 0.0833. The molecule has 0 spiro atoms. The molecular weight excluding hydrogens is 472 g/mol. The standard InChI is InChI=1S/C24H16ClF2NO4S/c25-14-5-8-16(9-6-14)33-13-18-17-3-1-2-4-21(17)32-23(18)24(30)31-12-22(29)28-15-7-10-19(26)20(27)11-15/h1-11H,12-13H2,(H,28,29). The molecule has 0 atom stereocenters. The van der Waals surface area contributed by atoms with Gasteiger partial charge in [-0.15, -0.1) is 11.8 Å². The smallest absolute Gasteiger partial charge is 0.375 e. The maximum atomic E-state index is 13.3. The van der Waals surface area contributed by atoms with Crippen molar-refractivity contribution in [2.75, 3.05) is 11.9 Å². The minimum Gasteiger partial charge on any atom is -0.450 e. The predicted octanol–water partition coefficient (Wildman–Crippen LogP) is 6.45. The molecule has 3 aromatic carbocycles. The van der Waals surface area contributed by atoms with E-state index in [1.807, 2.05) is 24.3 Å². The number of hydrogen-bond donors (Lipinski definition) is 1. The molecule has 0 bridgehead atoms. The van der Waals surface area contributed by atoms with Gasteiger partial charge in [-0.05, 0) is 42.5 Å². The Labute approximate surface area is 196 Å². The number of carbonyl (C=O) groups excluding carboxylic acids is 2. The molecule has 9 heteroatoms. The number of furan rings is 1. The quantitative estimate of drug-likeness (QED) is 0.239. The molecule has 168 valence electrons. The van der Waals surface area contributed by atoms with Crippen LogP contribution in [0.3, 0.4) is 0 Å². The van der Waals surface area contributed by atoms with Crippen molar-refractivity contribution >= 4 is 51.9 Å². The van der Waals surface area contributed by atoms with Crippen LogP contribution in [0.2, 0.25) is 5.02 Å². The number of ether oxygens (including phenoxy) is 1. The van der Waals surface area contributed by atoms with Crippen LogP contribution in [0, 0.1) is 11.6 Å². The minimum absolute atomic E-state index is 0.00158. The summed E-state index contributed by atoms with van der Waals surface area (Å²) in [5.41, 5.74) is 1.19. The summed E-state index contributed by atoms with van der Waals surface area (Å²) < 4.78 is 37.1. The number of para-hydroxylation sites is 1. The number of carbonyl (C=O) groups is 2. The number of benzene rings is 3. The van der Waals surface area contributed by atoms with Crippen molar-refractivity contribution in [1.29, 1.82) is 0 Å². The molecule has 1 N–H and O–H groups in total. The molecule has 0 saturated heterocycles. The molecule has 0 unspecified atom stereocenters. The Morgan fingerprint density at radius 1 is 1.00 bits per heavy atom. The third kappa shape index (κ3) is 5.53. The molecule has 0 aliphatic rings. The second-order valence-corrected chi connectivity index (χ2v) is 8.39. The van der Waals surface area contributed by atoms with E-state index >= 15 is 0 Å². The SMILES string of the molecule is O=C(COC(=O)c1oc2ccccc2c1CSc1ccc(Cl)cc1)Nc1ccc(F)c(F)c1. The molecule has 0 aliphatic heterocycles. The molecule has 0 radical (unpaired) electrons. The van der Waals surface area contributed by atoms with Gasteiger partial charge in [0.05, 0.1) is 0 Å². The minimum atomic E-state index is -1.10. The van der Waals surface area contributed by atoms with Gasteiger partial charge in [-0.2, -0.15) is 0 Å². The Kier molecular flexibility index (Phi) is 6.96. The van der Waals surface area contributed by atoms with Gasteiger partial charge < -0.3 is 14.5 Å². The summed E-state index contributed by atoms with van der Waals surface area (Å²) in [5, 5.41) is 3.73. The van der Waals surface area contributed by atoms with Crippen molar-refractivity contribution in [3.05, 3.63) is 94.7 Å². The second-order valence-electron chi connectivity index (χ2n) is 6.90. The first-order chi connectivity index (χ1) is 15.9. The van der Waals surface area contributed by atoms with Crippen LogP contribution < -0.4 is 5.32 Å². The Hall–Kier alpha value is -3.36. The van der Waals surface area contributed by atoms with Crippen molar-refractivity contribution < 1.29 is 27.5 Å². The summed E-state index contributed by atoms with van der Waals surface area (Å²) in [6.07, 6.45) is 0. The fourth-order valence-corrected chi connectivity index (χ4v) is 4.11. The van der Waals surface area contributed by atoms with Crippen molar-refractivity contribution in [3.63, 3.8) is 0 Å². The lowest BCUT2D eigenvalue weighted by molar-refractivity contribution is -0.119. The number of amides is 1. The summed E-state index contributed by atoms with van der Waals surface area (Å²) in [4.78, 5) is 25.8. The van der Waals surface area contributed by atoms with Gasteiger partial charge >= 0.3 is 5.97 Å². The number of halogens is 3. The van der Waals surface area contributed by atoms with Crippen LogP contribution in [0.4, 0.5) is 14.5 Å². The van der Waals surface area contributed by atoms with E-state index in [-0.39, 0.29) is 11.4 Å². The average molecular weight is 488 g/mol. The Morgan fingerprint density at radius 3 is 2.52 bits per heavy atom. The summed E-state index contributed by atoms with van der Waals surface area (Å²) in [5.74, 6) is -3.23. The van der Waals surface area contributed by atoms with E-state index in [0.29, 0.717) is 21.9 Å². The normalized spacial score (nSPS) is 10.9. The lowest BCUT2D eigenvalue weighted by atomic mass is 10.1. The fourth-order valence-electron chi connectivity index (χ4n) is 3.06. The Morgan fingerprint density at radius 2 is 1.76 bits per heavy atom. The maximum absolute atomic E-state index is 13.3. The van der Waals surface area contributed by atoms with Crippen LogP contribution in [0.5, 0.6) is 0 Å². The van der Waals surface area contributed by atoms with Crippen molar-refractivity contribution in [2.45, 2.75) is 10.6 Å². The molecule has 0 saturated carbocycles. The number of anilines is 1. The molecule has 0 aliphatic carbocycles. The molecule has 1 heterocycles. The summed E-state index contributed by atoms with van der Waals surface area (Å²) in [6, 6.07) is 17.4. The van der Waals surface area contributed by atoms with E-state index in [1.165, 1.54) is 17.8 Å². The highest BCUT2D eigenvalue weighted by atomic mass is 35.5. The first-order valence-corrected chi connectivity index (χ1v) is 11.1. The van der Waals surface area contributed by atoms with Crippen molar-refractivity contribution in [2.24, 2.45) is 0 Å². The predicted molar refractivity (Wildman–Crippen MR) is 122 cm³/mol. The number of thioether (sulfide) groups is 1. The highest BCUT2D eigenvalue weighted by molar-refractivity contribution is 7.98. The largest absolute Gasteiger partial charge is 0.450 e. The van der Waals surface area contributed by atoms with Crippen LogP contribution in [-0.4, -0.2) is 18.5 Å². The molecule has 4 rings (SSSR count). The zero-order chi connectivity index (χ0) is 23.4. The molecular formula is C24H16ClF2NO4S. The van der Waals surface area contributed by atoms with E-state index in [2.05, 4.69) is 5.32 Å². The molecule has 0 fully saturated rings. The van der Waals surface area contributed by atoms with Crippen LogP contribution in [0.1, 0.15) is 16.1 Å². The van der Waals surface area contributed by atoms with Gasteiger partial charge in [-0.25, -0.2) is 13.6 Å². The van der Waals surface area contributed by atoms with Gasteiger partial charge in [-0.3, -0.25) is 4.79 Å². The highest BCUT2D eigenvalue weighted by Gasteiger charge is 2.23. The topological polar surface area (TPSA) is 68.5 Å². The first-order valence-electron chi connectivity index (χ1n) is 9.71. The molecule has 5 nitrogen and oxygen atoms in total. The molecule has 33 heavy (non-hydrogen) atoms. The zero-order valence-corrected chi connectivity index (χ0v) is 18.5. The van der Waals surface area contributed by atoms with Crippen LogP contribution in [-0.2, 0) is 15.3 Å². The van der Waals surface area contributed by atoms with Gasteiger partial charge in [0, 0.05) is 38.4 Å². The van der Waals surface area contributed by atoms with Crippen molar-refractivity contribution in [3.8, 4) is 0 Å². The number of rotatable bonds is 7. The van der Waals surface area contributed by atoms with Gasteiger partial charge in [-0.1, -0.05) is 29.8 Å². The third-order valence-electron chi connectivity index (χ3n) is 4.62. The lowest BCUT2D eigenvalue weighted by Gasteiger charge is -2.07. The summed E-state index contributed by atoms with van der Waals surface area (Å²) in [6.45, 7) is -0.626. The van der Waals surface area contributed by atoms with Gasteiger partial charge in [0.2, 0.25) is 5.76 Å². The van der Waals surface area contributed by atoms with Gasteiger partial charge in [0.1, 0.15) is 5.58 Å². The number of fused-ring (bicyclic) bond motifs is 1. The summed E-state index contributed by atoms with van der Waals surface area (Å²) in [7, 11) is 0. The average Bonchev–Trinajstić information content (AvgIpc) is 3.18. The van der Waals surface area contributed by atoms with Crippen LogP contribution in [0.15, 0.2) is 76.0 Å². The Balaban J connectivity index is 1.46. The Bertz CT molecular complexity index is 1320. The van der Waals surface area contributed by atoms with E-state index in [4.69, 9.17) is 20.8 Å². The van der Waals surface area contributed by atoms with E-state index in [1.54, 1.807) is 24.3 Å². The van der Waals surface area contributed by atoms with Crippen LogP contribution >= 0.6 is 23.4 Å². The third-order valence-corrected chi connectivity index (χ3v) is 5.91. The van der Waals surface area contributed by atoms with Gasteiger partial charge in [0.25, 0.3) is 5.91 Å². The highest BCUT2D eigenvalue weighted by Crippen LogP contribution is 2.33. The zero-order valence-electron chi connectivity index (χ0n) is 16.9. The summed E-state index contributed by atoms with van der Waals surface area (Å²) >= 11 is 7.42. The van der Waals surface area contributed by atoms with E-state index in [9.17, 15) is 18.4 Å². The van der Waals surface area contributed by atoms with Gasteiger partial charge in [0.15, 0.2) is 18.2 Å². The monoisotopic (exact) mass is 487 g/mol. The van der Waals surface area contributed by atoms with E-state index in [0.717, 1.165) is 22.4 Å². The lowest BCUT2D eigenvalue weighted by Crippen LogP contribution is -2.21. The maximum Gasteiger partial charge on any atom is 0.375 e. The molecule has 1 aromatic heterocycles. The molecule has 4 aromatic rings. The number of hydrogen-bond acceptors (Lipinski definition) is 5.